The predicted octanol–water partition coefficient (Wildman–Crippen LogP) is 2.89. The second kappa shape index (κ2) is 6.30. The Morgan fingerprint density at radius 3 is 2.68 bits per heavy atom. The Balaban J connectivity index is 1.72. The maximum atomic E-state index is 12.0. The molecule has 1 aromatic carbocycles. The number of hydrogen-bond acceptors (Lipinski definition) is 4. The molecule has 0 bridgehead atoms. The zero-order valence-corrected chi connectivity index (χ0v) is 14.0. The Kier molecular flexibility index (Phi) is 4.40. The summed E-state index contributed by atoms with van der Waals surface area (Å²) in [6.07, 6.45) is 2.18. The van der Waals surface area contributed by atoms with Crippen molar-refractivity contribution in [2.45, 2.75) is 36.2 Å². The largest absolute Gasteiger partial charge is 0.352 e. The molecule has 2 aromatic rings. The third-order valence-corrected chi connectivity index (χ3v) is 4.90. The van der Waals surface area contributed by atoms with Crippen LogP contribution in [0.4, 0.5) is 0 Å². The molecule has 22 heavy (non-hydrogen) atoms. The second-order valence-corrected chi connectivity index (χ2v) is 7.16. The summed E-state index contributed by atoms with van der Waals surface area (Å²) in [6.45, 7) is 1.89. The van der Waals surface area contributed by atoms with E-state index in [1.54, 1.807) is 0 Å². The van der Waals surface area contributed by atoms with Gasteiger partial charge < -0.3 is 9.88 Å². The number of rotatable bonds is 5. The minimum absolute atomic E-state index is 0.0588. The first kappa shape index (κ1) is 15.4. The maximum Gasteiger partial charge on any atom is 0.233 e. The highest BCUT2D eigenvalue weighted by molar-refractivity contribution is 8.00. The number of nitrogens with zero attached hydrogens (tertiary/aromatic N) is 3. The van der Waals surface area contributed by atoms with Crippen LogP contribution in [-0.4, -0.2) is 32.0 Å². The van der Waals surface area contributed by atoms with Gasteiger partial charge in [-0.3, -0.25) is 4.79 Å². The van der Waals surface area contributed by atoms with E-state index >= 15 is 0 Å². The predicted molar refractivity (Wildman–Crippen MR) is 87.9 cm³/mol. The van der Waals surface area contributed by atoms with Gasteiger partial charge in [-0.05, 0) is 44.0 Å². The van der Waals surface area contributed by atoms with E-state index in [9.17, 15) is 4.79 Å². The SMILES string of the molecule is C[C@@H](Sc1nnc(-c2ccc(Cl)cc2)n1C)C(=O)NC1CC1. The number of hydrogen-bond donors (Lipinski definition) is 1. The first-order chi connectivity index (χ1) is 10.5. The third kappa shape index (κ3) is 3.44. The van der Waals surface area contributed by atoms with Crippen LogP contribution >= 0.6 is 23.4 Å². The average Bonchev–Trinajstić information content (AvgIpc) is 3.24. The molecule has 1 atom stereocenters. The van der Waals surface area contributed by atoms with Crippen molar-refractivity contribution < 1.29 is 4.79 Å². The second-order valence-electron chi connectivity index (χ2n) is 5.42. The zero-order chi connectivity index (χ0) is 15.7. The van der Waals surface area contributed by atoms with E-state index in [-0.39, 0.29) is 11.2 Å². The minimum atomic E-state index is -0.193. The summed E-state index contributed by atoms with van der Waals surface area (Å²) in [5, 5.41) is 12.6. The number of carbonyl (C=O) groups excluding carboxylic acids is 1. The molecule has 1 aliphatic rings. The fourth-order valence-electron chi connectivity index (χ4n) is 2.03. The van der Waals surface area contributed by atoms with Gasteiger partial charge in [-0.2, -0.15) is 0 Å². The molecule has 1 aliphatic carbocycles. The monoisotopic (exact) mass is 336 g/mol. The van der Waals surface area contributed by atoms with Crippen LogP contribution < -0.4 is 5.32 Å². The Bertz CT molecular complexity index is 681. The lowest BCUT2D eigenvalue weighted by Crippen LogP contribution is -2.32. The molecule has 1 saturated carbocycles. The van der Waals surface area contributed by atoms with Crippen LogP contribution in [-0.2, 0) is 11.8 Å². The topological polar surface area (TPSA) is 59.8 Å². The minimum Gasteiger partial charge on any atom is -0.352 e. The molecule has 3 rings (SSSR count). The average molecular weight is 337 g/mol. The number of nitrogens with one attached hydrogen (secondary N) is 1. The summed E-state index contributed by atoms with van der Waals surface area (Å²) >= 11 is 7.32. The molecular formula is C15H17ClN4OS. The molecule has 1 heterocycles. The first-order valence-electron chi connectivity index (χ1n) is 7.17. The zero-order valence-electron chi connectivity index (χ0n) is 12.4. The highest BCUT2D eigenvalue weighted by atomic mass is 35.5. The summed E-state index contributed by atoms with van der Waals surface area (Å²) < 4.78 is 1.90. The molecule has 1 amide bonds. The Hall–Kier alpha value is -1.53. The highest BCUT2D eigenvalue weighted by Crippen LogP contribution is 2.27. The number of benzene rings is 1. The normalized spacial score (nSPS) is 15.6. The molecule has 5 nitrogen and oxygen atoms in total. The van der Waals surface area contributed by atoms with E-state index in [2.05, 4.69) is 15.5 Å². The summed E-state index contributed by atoms with van der Waals surface area (Å²) in [5.41, 5.74) is 0.946. The standard InChI is InChI=1S/C15H17ClN4OS/c1-9(14(21)17-12-7-8-12)22-15-19-18-13(20(15)2)10-3-5-11(16)6-4-10/h3-6,9,12H,7-8H2,1-2H3,(H,17,21)/t9-/m1/s1. The van der Waals surface area contributed by atoms with Crippen LogP contribution in [0.25, 0.3) is 11.4 Å². The van der Waals surface area contributed by atoms with E-state index in [1.807, 2.05) is 42.8 Å². The molecule has 116 valence electrons. The Morgan fingerprint density at radius 2 is 2.05 bits per heavy atom. The molecule has 0 saturated heterocycles. The van der Waals surface area contributed by atoms with Crippen LogP contribution in [0.3, 0.4) is 0 Å². The smallest absolute Gasteiger partial charge is 0.233 e. The molecule has 0 radical (unpaired) electrons. The summed E-state index contributed by atoms with van der Waals surface area (Å²) in [6, 6.07) is 7.84. The van der Waals surface area contributed by atoms with E-state index in [4.69, 9.17) is 11.6 Å². The lowest BCUT2D eigenvalue weighted by atomic mass is 10.2. The van der Waals surface area contributed by atoms with Gasteiger partial charge in [0.1, 0.15) is 0 Å². The molecule has 1 fully saturated rings. The lowest BCUT2D eigenvalue weighted by Gasteiger charge is -2.11. The van der Waals surface area contributed by atoms with Gasteiger partial charge in [0.25, 0.3) is 0 Å². The van der Waals surface area contributed by atoms with Crippen molar-refractivity contribution in [1.29, 1.82) is 0 Å². The van der Waals surface area contributed by atoms with Gasteiger partial charge in [-0.15, -0.1) is 10.2 Å². The Labute approximate surface area is 138 Å². The number of thioether (sulfide) groups is 1. The van der Waals surface area contributed by atoms with Crippen molar-refractivity contribution in [3.8, 4) is 11.4 Å². The molecule has 1 N–H and O–H groups in total. The molecular weight excluding hydrogens is 320 g/mol. The fraction of sp³-hybridized carbons (Fsp3) is 0.400. The maximum absolute atomic E-state index is 12.0. The lowest BCUT2D eigenvalue weighted by molar-refractivity contribution is -0.120. The summed E-state index contributed by atoms with van der Waals surface area (Å²) in [4.78, 5) is 12.0. The van der Waals surface area contributed by atoms with Crippen molar-refractivity contribution >= 4 is 29.3 Å². The molecule has 0 spiro atoms. The van der Waals surface area contributed by atoms with Crippen molar-refractivity contribution in [2.75, 3.05) is 0 Å². The number of carbonyl (C=O) groups is 1. The summed E-state index contributed by atoms with van der Waals surface area (Å²) in [5.74, 6) is 0.817. The highest BCUT2D eigenvalue weighted by Gasteiger charge is 2.27. The number of aromatic nitrogens is 3. The van der Waals surface area contributed by atoms with E-state index < -0.39 is 0 Å². The van der Waals surface area contributed by atoms with Crippen LogP contribution in [0, 0.1) is 0 Å². The van der Waals surface area contributed by atoms with E-state index in [0.717, 1.165) is 29.4 Å². The van der Waals surface area contributed by atoms with Gasteiger partial charge in [-0.1, -0.05) is 23.4 Å². The molecule has 7 heteroatoms. The van der Waals surface area contributed by atoms with E-state index in [1.165, 1.54) is 11.8 Å². The number of amides is 1. The Morgan fingerprint density at radius 1 is 1.36 bits per heavy atom. The fourth-order valence-corrected chi connectivity index (χ4v) is 2.98. The van der Waals surface area contributed by atoms with Crippen LogP contribution in [0.2, 0.25) is 5.02 Å². The van der Waals surface area contributed by atoms with Gasteiger partial charge >= 0.3 is 0 Å². The summed E-state index contributed by atoms with van der Waals surface area (Å²) in [7, 11) is 1.90. The van der Waals surface area contributed by atoms with Gasteiger partial charge in [0, 0.05) is 23.7 Å². The van der Waals surface area contributed by atoms with Gasteiger partial charge in [0.05, 0.1) is 5.25 Å². The molecule has 1 aromatic heterocycles. The first-order valence-corrected chi connectivity index (χ1v) is 8.42. The van der Waals surface area contributed by atoms with Crippen LogP contribution in [0.15, 0.2) is 29.4 Å². The molecule has 0 aliphatic heterocycles. The van der Waals surface area contributed by atoms with Crippen LogP contribution in [0.5, 0.6) is 0 Å². The number of halogens is 1. The quantitative estimate of drug-likeness (QED) is 0.853. The van der Waals surface area contributed by atoms with Gasteiger partial charge in [-0.25, -0.2) is 0 Å². The van der Waals surface area contributed by atoms with Crippen molar-refractivity contribution in [2.24, 2.45) is 7.05 Å². The van der Waals surface area contributed by atoms with Crippen LogP contribution in [0.1, 0.15) is 19.8 Å². The van der Waals surface area contributed by atoms with Crippen molar-refractivity contribution in [3.63, 3.8) is 0 Å². The van der Waals surface area contributed by atoms with Crippen molar-refractivity contribution in [1.82, 2.24) is 20.1 Å². The van der Waals surface area contributed by atoms with Gasteiger partial charge in [0.15, 0.2) is 11.0 Å². The molecule has 0 unspecified atom stereocenters. The van der Waals surface area contributed by atoms with E-state index in [0.29, 0.717) is 11.1 Å². The van der Waals surface area contributed by atoms with Crippen molar-refractivity contribution in [3.05, 3.63) is 29.3 Å². The third-order valence-electron chi connectivity index (χ3n) is 3.51. The van der Waals surface area contributed by atoms with Gasteiger partial charge in [0.2, 0.25) is 5.91 Å².